The third-order valence-electron chi connectivity index (χ3n) is 5.02. The monoisotopic (exact) mass is 451 g/mol. The van der Waals surface area contributed by atoms with Gasteiger partial charge in [0.1, 0.15) is 18.2 Å². The summed E-state index contributed by atoms with van der Waals surface area (Å²) in [7, 11) is 3.30. The van der Waals surface area contributed by atoms with Gasteiger partial charge in [0.25, 0.3) is 5.56 Å². The second-order valence-corrected chi connectivity index (χ2v) is 7.34. The Labute approximate surface area is 187 Å². The smallest absolute Gasteiger partial charge is 0.260 e. The molecule has 11 heteroatoms. The van der Waals surface area contributed by atoms with E-state index in [0.717, 1.165) is 4.57 Å². The number of nitrogens with one attached hydrogen (secondary N) is 2. The van der Waals surface area contributed by atoms with Crippen molar-refractivity contribution in [3.8, 4) is 16.9 Å². The molecule has 0 amide bonds. The number of pyridine rings is 3. The van der Waals surface area contributed by atoms with Crippen molar-refractivity contribution in [2.45, 2.75) is 6.54 Å². The predicted molar refractivity (Wildman–Crippen MR) is 119 cm³/mol. The van der Waals surface area contributed by atoms with Crippen molar-refractivity contribution in [3.05, 3.63) is 70.8 Å². The van der Waals surface area contributed by atoms with Crippen LogP contribution in [0.25, 0.3) is 22.0 Å². The quantitative estimate of drug-likeness (QED) is 0.252. The molecule has 0 radical (unpaired) electrons. The molecule has 0 aliphatic heterocycles. The Kier molecular flexibility index (Phi) is 6.13. The van der Waals surface area contributed by atoms with E-state index < -0.39 is 11.3 Å². The average molecular weight is 451 g/mol. The standard InChI is InChI=1S/C22H22FN7O3/c1-28-11-15(9-27-28)14-7-18(23)21(25)30(12-14)20(24)13-29-4-3-19-17(22(29)31)8-16(10-26-19)33-6-5-32-2/h3-4,7-12,24-25H,5-6,13H2,1-2H3. The van der Waals surface area contributed by atoms with Crippen LogP contribution in [-0.2, 0) is 18.3 Å². The lowest BCUT2D eigenvalue weighted by Gasteiger charge is -2.13. The maximum atomic E-state index is 14.5. The highest BCUT2D eigenvalue weighted by molar-refractivity contribution is 5.83. The number of halogens is 1. The lowest BCUT2D eigenvalue weighted by Crippen LogP contribution is -2.34. The zero-order valence-electron chi connectivity index (χ0n) is 18.1. The number of nitrogens with zero attached hydrogens (tertiary/aromatic N) is 5. The average Bonchev–Trinajstić information content (AvgIpc) is 3.24. The Hall–Kier alpha value is -4.12. The molecule has 0 aliphatic carbocycles. The number of rotatable bonds is 7. The highest BCUT2D eigenvalue weighted by Gasteiger charge is 2.13. The lowest BCUT2D eigenvalue weighted by molar-refractivity contribution is 0.146. The molecule has 2 N–H and O–H groups in total. The van der Waals surface area contributed by atoms with Crippen LogP contribution in [0, 0.1) is 16.6 Å². The highest BCUT2D eigenvalue weighted by atomic mass is 19.1. The van der Waals surface area contributed by atoms with Gasteiger partial charge in [-0.1, -0.05) is 0 Å². The summed E-state index contributed by atoms with van der Waals surface area (Å²) in [6.45, 7) is 0.544. The molecular formula is C22H22FN7O3. The Bertz CT molecular complexity index is 1450. The van der Waals surface area contributed by atoms with Crippen LogP contribution < -0.4 is 15.8 Å². The van der Waals surface area contributed by atoms with Gasteiger partial charge in [-0.05, 0) is 18.2 Å². The summed E-state index contributed by atoms with van der Waals surface area (Å²) in [6.07, 6.45) is 7.81. The van der Waals surface area contributed by atoms with Gasteiger partial charge in [0.05, 0.1) is 36.4 Å². The van der Waals surface area contributed by atoms with Crippen LogP contribution in [0.15, 0.2) is 54.0 Å². The number of hydrogen-bond donors (Lipinski definition) is 2. The van der Waals surface area contributed by atoms with Gasteiger partial charge >= 0.3 is 0 Å². The zero-order chi connectivity index (χ0) is 23.5. The van der Waals surface area contributed by atoms with Crippen LogP contribution >= 0.6 is 0 Å². The normalized spacial score (nSPS) is 11.1. The van der Waals surface area contributed by atoms with E-state index in [4.69, 9.17) is 20.3 Å². The molecule has 0 aromatic carbocycles. The topological polar surface area (TPSA) is 124 Å². The highest BCUT2D eigenvalue weighted by Crippen LogP contribution is 2.18. The predicted octanol–water partition coefficient (Wildman–Crippen LogP) is 1.77. The largest absolute Gasteiger partial charge is 0.490 e. The minimum absolute atomic E-state index is 0.147. The van der Waals surface area contributed by atoms with E-state index in [1.165, 1.54) is 29.2 Å². The van der Waals surface area contributed by atoms with Gasteiger partial charge in [-0.15, -0.1) is 0 Å². The molecule has 0 saturated heterocycles. The van der Waals surface area contributed by atoms with Gasteiger partial charge < -0.3 is 14.0 Å². The van der Waals surface area contributed by atoms with Crippen LogP contribution in [-0.4, -0.2) is 50.1 Å². The first-order valence-corrected chi connectivity index (χ1v) is 10.0. The van der Waals surface area contributed by atoms with E-state index >= 15 is 0 Å². The van der Waals surface area contributed by atoms with Crippen LogP contribution in [0.4, 0.5) is 4.39 Å². The molecule has 0 spiro atoms. The zero-order valence-corrected chi connectivity index (χ0v) is 18.1. The number of aromatic nitrogens is 5. The van der Waals surface area contributed by atoms with Crippen molar-refractivity contribution >= 4 is 16.7 Å². The maximum Gasteiger partial charge on any atom is 0.260 e. The molecule has 4 aromatic heterocycles. The third kappa shape index (κ3) is 4.58. The molecule has 0 bridgehead atoms. The molecule has 4 aromatic rings. The van der Waals surface area contributed by atoms with Crippen molar-refractivity contribution in [2.75, 3.05) is 20.3 Å². The second kappa shape index (κ2) is 9.17. The summed E-state index contributed by atoms with van der Waals surface area (Å²) in [4.78, 5) is 17.3. The Balaban J connectivity index is 1.66. The minimum Gasteiger partial charge on any atom is -0.490 e. The van der Waals surface area contributed by atoms with E-state index in [1.807, 2.05) is 0 Å². The summed E-state index contributed by atoms with van der Waals surface area (Å²) >= 11 is 0. The van der Waals surface area contributed by atoms with Gasteiger partial charge in [0.2, 0.25) is 0 Å². The molecule has 10 nitrogen and oxygen atoms in total. The Morgan fingerprint density at radius 1 is 1.18 bits per heavy atom. The number of ether oxygens (including phenoxy) is 2. The fourth-order valence-corrected chi connectivity index (χ4v) is 3.33. The van der Waals surface area contributed by atoms with Gasteiger partial charge in [0, 0.05) is 43.9 Å². The van der Waals surface area contributed by atoms with Crippen LogP contribution in [0.5, 0.6) is 5.75 Å². The van der Waals surface area contributed by atoms with Crippen LogP contribution in [0.2, 0.25) is 0 Å². The van der Waals surface area contributed by atoms with Gasteiger partial charge in [0.15, 0.2) is 11.3 Å². The van der Waals surface area contributed by atoms with E-state index in [-0.39, 0.29) is 17.9 Å². The first-order valence-electron chi connectivity index (χ1n) is 10.0. The molecular weight excluding hydrogens is 429 g/mol. The molecule has 4 rings (SSSR count). The molecule has 0 aliphatic rings. The van der Waals surface area contributed by atoms with E-state index in [1.54, 1.807) is 43.4 Å². The van der Waals surface area contributed by atoms with E-state index in [9.17, 15) is 9.18 Å². The van der Waals surface area contributed by atoms with Crippen molar-refractivity contribution in [1.29, 1.82) is 10.8 Å². The summed E-state index contributed by atoms with van der Waals surface area (Å²) in [5.74, 6) is -0.501. The van der Waals surface area contributed by atoms with Crippen molar-refractivity contribution < 1.29 is 13.9 Å². The first kappa shape index (κ1) is 22.1. The van der Waals surface area contributed by atoms with Crippen molar-refractivity contribution in [3.63, 3.8) is 0 Å². The minimum atomic E-state index is -0.783. The molecule has 0 unspecified atom stereocenters. The molecule has 4 heterocycles. The molecule has 0 fully saturated rings. The van der Waals surface area contributed by atoms with Crippen LogP contribution in [0.3, 0.4) is 0 Å². The number of fused-ring (bicyclic) bond motifs is 1. The molecule has 170 valence electrons. The molecule has 0 atom stereocenters. The summed E-state index contributed by atoms with van der Waals surface area (Å²) in [5.41, 5.74) is 0.748. The fourth-order valence-electron chi connectivity index (χ4n) is 3.33. The fraction of sp³-hybridized carbons (Fsp3) is 0.227. The van der Waals surface area contributed by atoms with Gasteiger partial charge in [-0.3, -0.25) is 29.8 Å². The van der Waals surface area contributed by atoms with E-state index in [0.29, 0.717) is 41.0 Å². The van der Waals surface area contributed by atoms with Crippen molar-refractivity contribution in [2.24, 2.45) is 7.05 Å². The van der Waals surface area contributed by atoms with Crippen LogP contribution in [0.1, 0.15) is 0 Å². The maximum absolute atomic E-state index is 14.5. The Morgan fingerprint density at radius 3 is 2.73 bits per heavy atom. The van der Waals surface area contributed by atoms with Gasteiger partial charge in [-0.2, -0.15) is 5.10 Å². The van der Waals surface area contributed by atoms with Gasteiger partial charge in [-0.25, -0.2) is 4.39 Å². The van der Waals surface area contributed by atoms with E-state index in [2.05, 4.69) is 10.1 Å². The molecule has 0 saturated carbocycles. The first-order chi connectivity index (χ1) is 15.9. The Morgan fingerprint density at radius 2 is 2.00 bits per heavy atom. The summed E-state index contributed by atoms with van der Waals surface area (Å²) in [6, 6.07) is 4.47. The summed E-state index contributed by atoms with van der Waals surface area (Å²) < 4.78 is 28.9. The number of hydrogen-bond acceptors (Lipinski definition) is 7. The second-order valence-electron chi connectivity index (χ2n) is 7.34. The lowest BCUT2D eigenvalue weighted by atomic mass is 10.1. The third-order valence-corrected chi connectivity index (χ3v) is 5.02. The summed E-state index contributed by atoms with van der Waals surface area (Å²) in [5, 5.41) is 20.9. The SMILES string of the molecule is COCCOc1cnc2ccn(CC(=N)n3cc(-c4cnn(C)c4)cc(F)c3=N)c(=O)c2c1. The number of methoxy groups -OCH3 is 1. The number of aryl methyl sites for hydroxylation is 1. The van der Waals surface area contributed by atoms with Crippen molar-refractivity contribution in [1.82, 2.24) is 23.9 Å². The molecule has 33 heavy (non-hydrogen) atoms.